The van der Waals surface area contributed by atoms with Crippen molar-refractivity contribution in [1.29, 1.82) is 0 Å². The van der Waals surface area contributed by atoms with Crippen LogP contribution >= 0.6 is 0 Å². The second-order valence-corrected chi connectivity index (χ2v) is 15.4. The zero-order chi connectivity index (χ0) is 31.3. The summed E-state index contributed by atoms with van der Waals surface area (Å²) in [5.41, 5.74) is 16.4. The highest BCUT2D eigenvalue weighted by atomic mass is 14.4. The molecule has 2 aliphatic rings. The van der Waals surface area contributed by atoms with Gasteiger partial charge in [-0.25, -0.2) is 0 Å². The van der Waals surface area contributed by atoms with Gasteiger partial charge in [0.2, 0.25) is 0 Å². The quantitative estimate of drug-likeness (QED) is 0.167. The normalized spacial score (nSPS) is 14.5. The molecule has 0 amide bonds. The Morgan fingerprint density at radius 1 is 0.457 bits per heavy atom. The summed E-state index contributed by atoms with van der Waals surface area (Å²) in [7, 11) is 0. The summed E-state index contributed by atoms with van der Waals surface area (Å²) in [5.74, 6) is 0. The van der Waals surface area contributed by atoms with E-state index in [1.54, 1.807) is 0 Å². The van der Waals surface area contributed by atoms with Gasteiger partial charge in [-0.15, -0.1) is 0 Å². The monoisotopic (exact) mass is 588 g/mol. The van der Waals surface area contributed by atoms with Crippen LogP contribution in [0.1, 0.15) is 56.9 Å². The highest BCUT2D eigenvalue weighted by Crippen LogP contribution is 2.56. The number of benzene rings is 8. The molecule has 0 atom stereocenters. The summed E-state index contributed by atoms with van der Waals surface area (Å²) in [6.45, 7) is 14.1. The Hall–Kier alpha value is -4.94. The van der Waals surface area contributed by atoms with Crippen molar-refractivity contribution in [1.82, 2.24) is 0 Å². The molecule has 46 heavy (non-hydrogen) atoms. The summed E-state index contributed by atoms with van der Waals surface area (Å²) in [4.78, 5) is 0. The predicted molar refractivity (Wildman–Crippen MR) is 199 cm³/mol. The van der Waals surface area contributed by atoms with Crippen molar-refractivity contribution in [3.8, 4) is 44.5 Å². The lowest BCUT2D eigenvalue weighted by Gasteiger charge is -2.36. The van der Waals surface area contributed by atoms with Crippen molar-refractivity contribution < 1.29 is 0 Å². The van der Waals surface area contributed by atoms with E-state index in [1.165, 1.54) is 110 Å². The fraction of sp³-hybridized carbons (Fsp3) is 0.174. The minimum absolute atomic E-state index is 0.106. The third kappa shape index (κ3) is 3.20. The van der Waals surface area contributed by atoms with Crippen molar-refractivity contribution in [3.05, 3.63) is 131 Å². The summed E-state index contributed by atoms with van der Waals surface area (Å²) < 4.78 is 0. The van der Waals surface area contributed by atoms with Crippen molar-refractivity contribution >= 4 is 43.1 Å². The van der Waals surface area contributed by atoms with Gasteiger partial charge in [-0.1, -0.05) is 138 Å². The van der Waals surface area contributed by atoms with Gasteiger partial charge in [-0.05, 0) is 128 Å². The van der Waals surface area contributed by atoms with Crippen molar-refractivity contribution in [2.75, 3.05) is 0 Å². The van der Waals surface area contributed by atoms with E-state index >= 15 is 0 Å². The molecule has 0 bridgehead atoms. The molecule has 0 heteroatoms. The van der Waals surface area contributed by atoms with Crippen LogP contribution in [0, 0.1) is 6.92 Å². The molecule has 2 aliphatic carbocycles. The van der Waals surface area contributed by atoms with Crippen LogP contribution in [-0.4, -0.2) is 0 Å². The summed E-state index contributed by atoms with van der Waals surface area (Å²) in [5, 5.41) is 11.0. The second-order valence-electron chi connectivity index (χ2n) is 15.4. The highest BCUT2D eigenvalue weighted by molar-refractivity contribution is 6.26. The van der Waals surface area contributed by atoms with E-state index in [9.17, 15) is 0 Å². The Morgan fingerprint density at radius 3 is 1.74 bits per heavy atom. The minimum Gasteiger partial charge on any atom is -0.0616 e. The van der Waals surface area contributed by atoms with E-state index in [-0.39, 0.29) is 10.8 Å². The lowest BCUT2D eigenvalue weighted by atomic mass is 9.67. The molecule has 8 aromatic carbocycles. The summed E-state index contributed by atoms with van der Waals surface area (Å²) in [6.07, 6.45) is 0. The van der Waals surface area contributed by atoms with Crippen LogP contribution in [0.15, 0.2) is 109 Å². The van der Waals surface area contributed by atoms with Gasteiger partial charge in [0.15, 0.2) is 0 Å². The summed E-state index contributed by atoms with van der Waals surface area (Å²) >= 11 is 0. The first-order chi connectivity index (χ1) is 22.1. The summed E-state index contributed by atoms with van der Waals surface area (Å²) in [6, 6.07) is 42.4. The maximum atomic E-state index is 2.50. The van der Waals surface area contributed by atoms with E-state index < -0.39 is 0 Å². The maximum absolute atomic E-state index is 2.50. The second kappa shape index (κ2) is 8.45. The molecule has 220 valence electrons. The smallest absolute Gasteiger partial charge is 0.0159 e. The molecule has 0 nitrogen and oxygen atoms in total. The zero-order valence-electron chi connectivity index (χ0n) is 27.4. The lowest BCUT2D eigenvalue weighted by Crippen LogP contribution is -2.23. The van der Waals surface area contributed by atoms with E-state index in [2.05, 4.69) is 151 Å². The minimum atomic E-state index is -0.132. The Morgan fingerprint density at radius 2 is 1.07 bits per heavy atom. The molecule has 0 fully saturated rings. The largest absolute Gasteiger partial charge is 0.0616 e. The van der Waals surface area contributed by atoms with Gasteiger partial charge in [0, 0.05) is 5.41 Å². The third-order valence-electron chi connectivity index (χ3n) is 11.4. The number of aryl methyl sites for hydroxylation is 1. The van der Waals surface area contributed by atoms with E-state index in [0.717, 1.165) is 0 Å². The van der Waals surface area contributed by atoms with Gasteiger partial charge in [0.1, 0.15) is 0 Å². The highest BCUT2D eigenvalue weighted by Gasteiger charge is 2.36. The van der Waals surface area contributed by atoms with Gasteiger partial charge in [-0.3, -0.25) is 0 Å². The molecule has 0 radical (unpaired) electrons. The Labute approximate surface area is 270 Å². The average Bonchev–Trinajstić information content (AvgIpc) is 3.38. The topological polar surface area (TPSA) is 0 Å². The molecule has 0 saturated carbocycles. The maximum Gasteiger partial charge on any atom is 0.0159 e. The lowest BCUT2D eigenvalue weighted by molar-refractivity contribution is 0.591. The van der Waals surface area contributed by atoms with E-state index in [4.69, 9.17) is 0 Å². The molecular formula is C46H36. The first-order valence-corrected chi connectivity index (χ1v) is 16.7. The van der Waals surface area contributed by atoms with Gasteiger partial charge in [0.05, 0.1) is 0 Å². The molecule has 0 aliphatic heterocycles. The van der Waals surface area contributed by atoms with Gasteiger partial charge in [0.25, 0.3) is 0 Å². The SMILES string of the molecule is Cc1cc(-c2ccc3c(c2)C(C)(C)c2ccc4c5c(ccc-3c25)-c2ccccc2-4)c2ccc3cc(C(C)(C)C)cc4ccc1c2c43. The Bertz CT molecular complexity index is 2590. The molecule has 0 saturated heterocycles. The Kier molecular flexibility index (Phi) is 4.83. The van der Waals surface area contributed by atoms with Crippen LogP contribution in [0.4, 0.5) is 0 Å². The van der Waals surface area contributed by atoms with Crippen LogP contribution in [0.3, 0.4) is 0 Å². The van der Waals surface area contributed by atoms with Crippen molar-refractivity contribution in [3.63, 3.8) is 0 Å². The average molecular weight is 589 g/mol. The van der Waals surface area contributed by atoms with Crippen LogP contribution in [0.5, 0.6) is 0 Å². The fourth-order valence-electron chi connectivity index (χ4n) is 9.01. The van der Waals surface area contributed by atoms with E-state index in [0.29, 0.717) is 0 Å². The van der Waals surface area contributed by atoms with Crippen LogP contribution in [-0.2, 0) is 10.8 Å². The van der Waals surface area contributed by atoms with E-state index in [1.807, 2.05) is 0 Å². The number of hydrogen-bond donors (Lipinski definition) is 0. The molecule has 0 N–H and O–H groups in total. The molecule has 0 aromatic heterocycles. The first-order valence-electron chi connectivity index (χ1n) is 16.7. The van der Waals surface area contributed by atoms with Gasteiger partial charge < -0.3 is 0 Å². The molecule has 0 heterocycles. The van der Waals surface area contributed by atoms with Crippen LogP contribution < -0.4 is 0 Å². The molecular weight excluding hydrogens is 553 g/mol. The Balaban J connectivity index is 1.22. The van der Waals surface area contributed by atoms with Crippen LogP contribution in [0.2, 0.25) is 0 Å². The van der Waals surface area contributed by atoms with Crippen molar-refractivity contribution in [2.24, 2.45) is 0 Å². The molecule has 0 spiro atoms. The fourth-order valence-corrected chi connectivity index (χ4v) is 9.01. The standard InChI is InChI=1S/C46H36/c1-25-21-38(37-16-13-28-23-29(45(2,3)4)22-27-12-14-30(25)42(37)41(27)28)26-11-15-33-36-18-17-34-31-9-7-8-10-32(31)35-19-20-39(44(36)43(34)35)46(5,6)40(33)24-26/h7-24H,1-6H3. The zero-order valence-corrected chi connectivity index (χ0v) is 27.4. The van der Waals surface area contributed by atoms with Gasteiger partial charge in [-0.2, -0.15) is 0 Å². The van der Waals surface area contributed by atoms with Crippen molar-refractivity contribution in [2.45, 2.75) is 52.4 Å². The number of rotatable bonds is 1. The number of hydrogen-bond acceptors (Lipinski definition) is 0. The number of fused-ring (bicyclic) bond motifs is 5. The predicted octanol–water partition coefficient (Wildman–Crippen LogP) is 13.0. The van der Waals surface area contributed by atoms with Crippen LogP contribution in [0.25, 0.3) is 87.6 Å². The molecule has 8 aromatic rings. The molecule has 10 rings (SSSR count). The molecule has 0 unspecified atom stereocenters. The first kappa shape index (κ1) is 26.3. The van der Waals surface area contributed by atoms with Gasteiger partial charge >= 0.3 is 0 Å². The third-order valence-corrected chi connectivity index (χ3v) is 11.4.